The molecule has 734 valence electrons. The Balaban J connectivity index is 1.04. The topological polar surface area (TPSA) is 21.3 Å². The molecule has 20 rings (SSSR count). The van der Waals surface area contributed by atoms with Crippen LogP contribution in [0.25, 0.3) is 127 Å². The number of benzene rings is 15. The van der Waals surface area contributed by atoms with E-state index in [1.807, 2.05) is 0 Å². The van der Waals surface area contributed by atoms with Gasteiger partial charge in [-0.15, -0.1) is 0 Å². The predicted molar refractivity (Wildman–Crippen MR) is 630 cm³/mol. The molecular weight excluding hydrogens is 1740 g/mol. The molecule has 0 fully saturated rings. The highest BCUT2D eigenvalue weighted by molar-refractivity contribution is 7.00. The maximum atomic E-state index is 2.84. The number of nitrogens with zero attached hydrogens (tertiary/aromatic N) is 5. The second-order valence-corrected chi connectivity index (χ2v) is 55.0. The van der Waals surface area contributed by atoms with E-state index in [0.29, 0.717) is 0 Å². The van der Waals surface area contributed by atoms with E-state index in [2.05, 4.69) is 552 Å². The Kier molecular flexibility index (Phi) is 22.9. The quantitative estimate of drug-likeness (QED) is 0.134. The molecule has 6 heteroatoms. The largest absolute Gasteiger partial charge is 0.310 e. The summed E-state index contributed by atoms with van der Waals surface area (Å²) in [7, 11) is 0. The van der Waals surface area contributed by atoms with Crippen molar-refractivity contribution in [2.45, 2.75) is 314 Å². The van der Waals surface area contributed by atoms with Crippen molar-refractivity contribution in [3.63, 3.8) is 0 Å². The van der Waals surface area contributed by atoms with Crippen molar-refractivity contribution in [3.8, 4) is 61.6 Å². The third kappa shape index (κ3) is 17.2. The van der Waals surface area contributed by atoms with Crippen LogP contribution in [0.15, 0.2) is 279 Å². The van der Waals surface area contributed by atoms with Gasteiger partial charge in [-0.1, -0.05) is 419 Å². The van der Waals surface area contributed by atoms with Gasteiger partial charge in [0.05, 0.1) is 50.2 Å². The zero-order valence-corrected chi connectivity index (χ0v) is 93.4. The summed E-state index contributed by atoms with van der Waals surface area (Å²) in [5.74, 6) is 0. The van der Waals surface area contributed by atoms with E-state index < -0.39 is 0 Å². The lowest BCUT2D eigenvalue weighted by atomic mass is 9.33. The molecule has 0 saturated carbocycles. The minimum absolute atomic E-state index is 0.110. The first-order valence-corrected chi connectivity index (χ1v) is 53.1. The molecule has 0 amide bonds. The first kappa shape index (κ1) is 98.7. The van der Waals surface area contributed by atoms with Gasteiger partial charge in [0, 0.05) is 88.7 Å². The molecule has 5 nitrogen and oxygen atoms in total. The summed E-state index contributed by atoms with van der Waals surface area (Å²) in [6.45, 7) is 85.0. The van der Waals surface area contributed by atoms with E-state index in [0.717, 1.165) is 95.6 Å². The van der Waals surface area contributed by atoms with Crippen LogP contribution in [0.1, 0.15) is 316 Å². The molecule has 0 bridgehead atoms. The SMILES string of the molecule is CC(C)(C)c1ccc(-c2cccc(-c3cc(C(C)(C)C)cc(C(C)(C)C)c3)c2N2c3cc(-n4c5ccc(C(C)(C)C)cc5c5cc(C(C)(C)C)ccc54)ccc3B3c4ccc(-n5c6ccc(C(C)(C)C)cc6c6cc(C(C)(C)C)ccc65)cc4N(c4c(-c5ccc(C(C)(C)C)cc5)cccc4-c4ccc(C(C)(C)C)cc4C(C)(C)C)c4cc(-n5c6ccc(C(C)(C)C)cc6c6cc(C(C)(C)C)ccc65)cc2c43)cc1. The molecule has 0 N–H and O–H groups in total. The van der Waals surface area contributed by atoms with Gasteiger partial charge in [0.25, 0.3) is 6.71 Å². The van der Waals surface area contributed by atoms with E-state index >= 15 is 0 Å². The fourth-order valence-corrected chi connectivity index (χ4v) is 22.8. The highest BCUT2D eigenvalue weighted by atomic mass is 15.2. The molecule has 2 aliphatic rings. The molecule has 2 aliphatic heterocycles. The standard InChI is InChI=1S/C138H154BN5/c1-127(2,3)86-47-43-83(44-48-86)100-39-37-41-102(85-69-95(136(28,29)30)71-96(70-85)137(31,32)33)125(100)143-120-79-97(140-114-63-52-88(129(7,8)9)72-105(114)106-73-89(130(10,11)12)53-64-115(106)140)58-61-112(120)139-113-62-59-98(141-116-65-54-90(131(13,14)15)74-107(116)108-75-91(132(16,17)18)55-66-117(108)141)80-121(113)144(123-82-99(81-122(143)124(123)139)142-118-67-56-92(133(19,20)21)76-109(118)110-77-93(134(22,23)24)57-68-119(110)142)126-101(84-45-49-87(50-46-84)128(4,5)6)40-38-42-104(126)103-60-51-94(135(25,26)27)78-111(103)138(34,35)36/h37-82H,1-36H3. The lowest BCUT2D eigenvalue weighted by Crippen LogP contribution is -2.61. The number of anilines is 6. The first-order chi connectivity index (χ1) is 67.0. The first-order valence-electron chi connectivity index (χ1n) is 53.1. The van der Waals surface area contributed by atoms with Gasteiger partial charge < -0.3 is 23.5 Å². The fourth-order valence-electron chi connectivity index (χ4n) is 22.8. The second-order valence-electron chi connectivity index (χ2n) is 55.0. The molecule has 15 aromatic carbocycles. The maximum absolute atomic E-state index is 2.84. The highest BCUT2D eigenvalue weighted by Crippen LogP contribution is 2.58. The van der Waals surface area contributed by atoms with Gasteiger partial charge in [-0.25, -0.2) is 0 Å². The Morgan fingerprint density at radius 1 is 0.174 bits per heavy atom. The van der Waals surface area contributed by atoms with Crippen molar-refractivity contribution in [1.29, 1.82) is 0 Å². The molecule has 0 radical (unpaired) electrons. The Bertz CT molecular complexity index is 8010. The van der Waals surface area contributed by atoms with Crippen LogP contribution in [0.2, 0.25) is 0 Å². The Morgan fingerprint density at radius 3 is 0.715 bits per heavy atom. The van der Waals surface area contributed by atoms with E-state index in [1.165, 1.54) is 149 Å². The summed E-state index contributed by atoms with van der Waals surface area (Å²) in [4.78, 5) is 5.67. The maximum Gasteiger partial charge on any atom is 0.252 e. The average Bonchev–Trinajstić information content (AvgIpc) is 0.901. The molecule has 0 aliphatic carbocycles. The van der Waals surface area contributed by atoms with Crippen LogP contribution >= 0.6 is 0 Å². The van der Waals surface area contributed by atoms with Crippen LogP contribution in [0.5, 0.6) is 0 Å². The van der Waals surface area contributed by atoms with Gasteiger partial charge >= 0.3 is 0 Å². The van der Waals surface area contributed by atoms with Crippen LogP contribution in [0, 0.1) is 0 Å². The lowest BCUT2D eigenvalue weighted by molar-refractivity contribution is 0.568. The van der Waals surface area contributed by atoms with Gasteiger partial charge in [0.15, 0.2) is 0 Å². The Labute approximate surface area is 861 Å². The summed E-state index contributed by atoms with van der Waals surface area (Å²) >= 11 is 0. The summed E-state index contributed by atoms with van der Waals surface area (Å²) in [5, 5.41) is 7.47. The van der Waals surface area contributed by atoms with Crippen molar-refractivity contribution in [1.82, 2.24) is 13.7 Å². The number of hydrogen-bond donors (Lipinski definition) is 0. The number of rotatable bonds is 9. The number of aromatic nitrogens is 3. The van der Waals surface area contributed by atoms with Gasteiger partial charge in [0.1, 0.15) is 0 Å². The molecule has 0 atom stereocenters. The van der Waals surface area contributed by atoms with Gasteiger partial charge in [-0.2, -0.15) is 0 Å². The molecule has 0 unspecified atom stereocenters. The zero-order chi connectivity index (χ0) is 103. The molecule has 0 saturated heterocycles. The normalized spacial score (nSPS) is 13.9. The van der Waals surface area contributed by atoms with Crippen LogP contribution in [-0.4, -0.2) is 20.4 Å². The van der Waals surface area contributed by atoms with Gasteiger partial charge in [-0.05, 0) is 280 Å². The molecule has 5 heterocycles. The summed E-state index contributed by atoms with van der Waals surface area (Å²) in [6.07, 6.45) is 0. The van der Waals surface area contributed by atoms with Crippen LogP contribution in [0.4, 0.5) is 34.1 Å². The van der Waals surface area contributed by atoms with E-state index in [-0.39, 0.29) is 71.7 Å². The highest BCUT2D eigenvalue weighted by Gasteiger charge is 2.48. The summed E-state index contributed by atoms with van der Waals surface area (Å²) in [5.41, 5.74) is 43.5. The average molecular weight is 1890 g/mol. The predicted octanol–water partition coefficient (Wildman–Crippen LogP) is 37.3. The molecule has 18 aromatic rings. The van der Waals surface area contributed by atoms with E-state index in [1.54, 1.807) is 0 Å². The van der Waals surface area contributed by atoms with Crippen molar-refractivity contribution in [3.05, 3.63) is 346 Å². The Hall–Kier alpha value is -12.6. The number of hydrogen-bond acceptors (Lipinski definition) is 2. The minimum atomic E-state index is -0.383. The molecule has 0 spiro atoms. The lowest BCUT2D eigenvalue weighted by Gasteiger charge is -2.46. The fraction of sp³-hybridized carbons (Fsp3) is 0.348. The Morgan fingerprint density at radius 2 is 0.424 bits per heavy atom. The zero-order valence-electron chi connectivity index (χ0n) is 93.4. The van der Waals surface area contributed by atoms with Crippen molar-refractivity contribution in [2.75, 3.05) is 9.80 Å². The van der Waals surface area contributed by atoms with Crippen LogP contribution in [-0.2, 0) is 65.0 Å². The summed E-state index contributed by atoms with van der Waals surface area (Å²) < 4.78 is 7.91. The molecular formula is C138H154BN5. The van der Waals surface area contributed by atoms with Crippen LogP contribution in [0.3, 0.4) is 0 Å². The van der Waals surface area contributed by atoms with E-state index in [9.17, 15) is 0 Å². The third-order valence-electron chi connectivity index (χ3n) is 31.9. The van der Waals surface area contributed by atoms with Crippen molar-refractivity contribution < 1.29 is 0 Å². The third-order valence-corrected chi connectivity index (χ3v) is 31.9. The monoisotopic (exact) mass is 1890 g/mol. The van der Waals surface area contributed by atoms with Crippen LogP contribution < -0.4 is 26.2 Å². The van der Waals surface area contributed by atoms with Gasteiger partial charge in [0.2, 0.25) is 0 Å². The minimum Gasteiger partial charge on any atom is -0.310 e. The molecule has 144 heavy (non-hydrogen) atoms. The van der Waals surface area contributed by atoms with Crippen molar-refractivity contribution >= 4 is 123 Å². The number of para-hydroxylation sites is 2. The van der Waals surface area contributed by atoms with E-state index in [4.69, 9.17) is 0 Å². The molecule has 3 aromatic heterocycles. The van der Waals surface area contributed by atoms with Gasteiger partial charge in [-0.3, -0.25) is 0 Å². The second kappa shape index (κ2) is 33.5. The number of fused-ring (bicyclic) bond motifs is 13. The summed E-state index contributed by atoms with van der Waals surface area (Å²) in [6, 6.07) is 114. The smallest absolute Gasteiger partial charge is 0.252 e. The van der Waals surface area contributed by atoms with Crippen molar-refractivity contribution in [2.24, 2.45) is 0 Å².